The Morgan fingerprint density at radius 1 is 0.891 bits per heavy atom. The maximum atomic E-state index is 13.1. The van der Waals surface area contributed by atoms with E-state index in [2.05, 4.69) is 22.3 Å². The topological polar surface area (TPSA) is 127 Å². The number of piperidine rings is 1. The van der Waals surface area contributed by atoms with Gasteiger partial charge in [0.2, 0.25) is 5.91 Å². The molecule has 1 aliphatic rings. The number of likely N-dealkylation sites (tertiary alicyclic amines) is 1. The van der Waals surface area contributed by atoms with Crippen LogP contribution in [0, 0.1) is 0 Å². The number of rotatable bonds is 11. The van der Waals surface area contributed by atoms with Gasteiger partial charge in [-0.05, 0) is 61.2 Å². The summed E-state index contributed by atoms with van der Waals surface area (Å²) in [5, 5.41) is 19.9. The Hall–Kier alpha value is -4.18. The van der Waals surface area contributed by atoms with Gasteiger partial charge in [-0.15, -0.1) is 0 Å². The Morgan fingerprint density at radius 3 is 1.98 bits per heavy atom. The van der Waals surface area contributed by atoms with Crippen molar-refractivity contribution in [3.8, 4) is 0 Å². The normalized spacial score (nSPS) is 14.9. The van der Waals surface area contributed by atoms with Crippen molar-refractivity contribution in [3.63, 3.8) is 0 Å². The molecule has 3 aromatic rings. The predicted molar refractivity (Wildman–Crippen MR) is 179 cm³/mol. The zero-order valence-corrected chi connectivity index (χ0v) is 27.4. The Bertz CT molecular complexity index is 1490. The number of carboxylic acid groups (broad SMARTS) is 2. The molecule has 1 saturated heterocycles. The lowest BCUT2D eigenvalue weighted by Crippen LogP contribution is -2.52. The van der Waals surface area contributed by atoms with E-state index in [9.17, 15) is 19.2 Å². The predicted octanol–water partition coefficient (Wildman–Crippen LogP) is 6.08. The highest BCUT2D eigenvalue weighted by atomic mass is 35.5. The highest BCUT2D eigenvalue weighted by Crippen LogP contribution is 2.34. The lowest BCUT2D eigenvalue weighted by atomic mass is 9.80. The maximum Gasteiger partial charge on any atom is 0.328 e. The number of aliphatic carboxylic acids is 2. The molecule has 4 rings (SSSR count). The summed E-state index contributed by atoms with van der Waals surface area (Å²) < 4.78 is 0. The van der Waals surface area contributed by atoms with Gasteiger partial charge in [-0.2, -0.15) is 0 Å². The van der Waals surface area contributed by atoms with Crippen LogP contribution >= 0.6 is 23.2 Å². The van der Waals surface area contributed by atoms with E-state index >= 15 is 0 Å². The minimum absolute atomic E-state index is 0.00316. The van der Waals surface area contributed by atoms with Crippen molar-refractivity contribution in [1.82, 2.24) is 15.1 Å². The average molecular weight is 669 g/mol. The van der Waals surface area contributed by atoms with Gasteiger partial charge in [0.1, 0.15) is 0 Å². The van der Waals surface area contributed by atoms with Gasteiger partial charge >= 0.3 is 11.9 Å². The quantitative estimate of drug-likeness (QED) is 0.212. The number of nitrogens with one attached hydrogen (secondary N) is 1. The molecule has 1 heterocycles. The second kappa shape index (κ2) is 17.5. The van der Waals surface area contributed by atoms with Gasteiger partial charge < -0.3 is 25.3 Å². The fourth-order valence-electron chi connectivity index (χ4n) is 5.56. The summed E-state index contributed by atoms with van der Waals surface area (Å²) in [6.45, 7) is 4.79. The number of carbonyl (C=O) groups is 4. The Morgan fingerprint density at radius 2 is 1.46 bits per heavy atom. The van der Waals surface area contributed by atoms with Crippen LogP contribution < -0.4 is 5.32 Å². The number of benzene rings is 3. The molecule has 11 heteroatoms. The smallest absolute Gasteiger partial charge is 0.328 e. The minimum Gasteiger partial charge on any atom is -0.478 e. The summed E-state index contributed by atoms with van der Waals surface area (Å²) in [4.78, 5) is 48.5. The third kappa shape index (κ3) is 11.0. The molecule has 1 aliphatic heterocycles. The van der Waals surface area contributed by atoms with Gasteiger partial charge in [0, 0.05) is 57.2 Å². The van der Waals surface area contributed by atoms with Crippen LogP contribution in [0.3, 0.4) is 0 Å². The van der Waals surface area contributed by atoms with Crippen molar-refractivity contribution in [1.29, 1.82) is 0 Å². The average Bonchev–Trinajstić information content (AvgIpc) is 3.04. The number of amides is 2. The number of carbonyl (C=O) groups excluding carboxylic acids is 2. The maximum absolute atomic E-state index is 13.1. The van der Waals surface area contributed by atoms with Crippen molar-refractivity contribution < 1.29 is 29.4 Å². The van der Waals surface area contributed by atoms with E-state index < -0.39 is 11.9 Å². The molecule has 9 nitrogen and oxygen atoms in total. The molecule has 0 radical (unpaired) electrons. The molecule has 3 aromatic carbocycles. The highest BCUT2D eigenvalue weighted by molar-refractivity contribution is 6.42. The van der Waals surface area contributed by atoms with Crippen LogP contribution in [-0.2, 0) is 19.9 Å². The molecule has 0 spiro atoms. The molecule has 46 heavy (non-hydrogen) atoms. The Balaban J connectivity index is 0.000000637. The van der Waals surface area contributed by atoms with Crippen LogP contribution in [-0.4, -0.2) is 77.0 Å². The Kier molecular flexibility index (Phi) is 13.8. The molecule has 1 fully saturated rings. The van der Waals surface area contributed by atoms with Crippen LogP contribution in [0.5, 0.6) is 0 Å². The van der Waals surface area contributed by atoms with Gasteiger partial charge in [-0.3, -0.25) is 9.59 Å². The van der Waals surface area contributed by atoms with Gasteiger partial charge in [0.25, 0.3) is 5.91 Å². The number of nitrogens with zero attached hydrogens (tertiary/aromatic N) is 2. The first-order valence-electron chi connectivity index (χ1n) is 14.9. The lowest BCUT2D eigenvalue weighted by molar-refractivity contribution is -0.134. The second-order valence-corrected chi connectivity index (χ2v) is 12.0. The summed E-state index contributed by atoms with van der Waals surface area (Å²) in [6.07, 6.45) is 3.67. The summed E-state index contributed by atoms with van der Waals surface area (Å²) in [7, 11) is 1.85. The number of halogens is 2. The van der Waals surface area contributed by atoms with E-state index in [1.165, 1.54) is 0 Å². The molecule has 0 aliphatic carbocycles. The van der Waals surface area contributed by atoms with Gasteiger partial charge in [0.05, 0.1) is 15.6 Å². The van der Waals surface area contributed by atoms with Gasteiger partial charge in [-0.25, -0.2) is 9.59 Å². The second-order valence-electron chi connectivity index (χ2n) is 11.2. The summed E-state index contributed by atoms with van der Waals surface area (Å²) in [5.74, 6) is -2.43. The molecular weight excluding hydrogens is 629 g/mol. The van der Waals surface area contributed by atoms with Crippen molar-refractivity contribution in [2.24, 2.45) is 0 Å². The van der Waals surface area contributed by atoms with Crippen molar-refractivity contribution in [2.45, 2.75) is 37.6 Å². The zero-order chi connectivity index (χ0) is 33.7. The van der Waals surface area contributed by atoms with Crippen LogP contribution in [0.15, 0.2) is 91.0 Å². The zero-order valence-electron chi connectivity index (χ0n) is 25.9. The first-order valence-corrected chi connectivity index (χ1v) is 15.6. The largest absolute Gasteiger partial charge is 0.478 e. The van der Waals surface area contributed by atoms with Crippen molar-refractivity contribution >= 4 is 47.0 Å². The molecule has 0 aromatic heterocycles. The molecule has 2 amide bonds. The molecule has 244 valence electrons. The van der Waals surface area contributed by atoms with Crippen molar-refractivity contribution in [2.75, 3.05) is 33.2 Å². The summed E-state index contributed by atoms with van der Waals surface area (Å²) in [5.41, 5.74) is 2.56. The Labute approximate surface area is 279 Å². The van der Waals surface area contributed by atoms with Crippen molar-refractivity contribution in [3.05, 3.63) is 118 Å². The molecule has 0 bridgehead atoms. The molecule has 1 unspecified atom stereocenters. The third-order valence-electron chi connectivity index (χ3n) is 7.89. The number of likely N-dealkylation sites (N-methyl/N-ethyl adjacent to an activating group) is 1. The molecule has 1 atom stereocenters. The van der Waals surface area contributed by atoms with Gasteiger partial charge in [0.15, 0.2) is 0 Å². The number of hydrogen-bond donors (Lipinski definition) is 3. The highest BCUT2D eigenvalue weighted by Gasteiger charge is 2.37. The molecular formula is C35H39Cl2N3O6. The SMILES string of the molecule is CC(=O)NC1(c2ccccc2)CCN(CCC(CN(C)C(=O)c2ccccc2)c2ccc(Cl)c(Cl)c2)CC1.O=C(O)/C=C/C(=O)O. The number of hydrogen-bond acceptors (Lipinski definition) is 5. The first-order chi connectivity index (χ1) is 21.9. The monoisotopic (exact) mass is 667 g/mol. The fourth-order valence-corrected chi connectivity index (χ4v) is 5.87. The van der Waals surface area contributed by atoms with E-state index in [1.54, 1.807) is 11.8 Å². The lowest BCUT2D eigenvalue weighted by Gasteiger charge is -2.43. The van der Waals surface area contributed by atoms with Crippen LogP contribution in [0.25, 0.3) is 0 Å². The van der Waals surface area contributed by atoms with E-state index in [1.807, 2.05) is 73.8 Å². The van der Waals surface area contributed by atoms with Crippen LogP contribution in [0.4, 0.5) is 0 Å². The van der Waals surface area contributed by atoms with Gasteiger partial charge in [-0.1, -0.05) is 77.8 Å². The van der Waals surface area contributed by atoms with Crippen LogP contribution in [0.2, 0.25) is 10.0 Å². The van der Waals surface area contributed by atoms with E-state index in [-0.39, 0.29) is 23.3 Å². The van der Waals surface area contributed by atoms with E-state index in [0.717, 1.165) is 50.0 Å². The summed E-state index contributed by atoms with van der Waals surface area (Å²) >= 11 is 12.6. The third-order valence-corrected chi connectivity index (χ3v) is 8.63. The standard InChI is InChI=1S/C31H35Cl2N3O2.C4H4O4/c1-23(37)34-31(27-11-7-4-8-12-27)16-19-36(20-17-31)18-15-26(25-13-14-28(32)29(33)21-25)22-35(2)30(38)24-9-5-3-6-10-24;5-3(6)1-2-4(7)8/h3-14,21,26H,15-20,22H2,1-2H3,(H,34,37);1-2H,(H,5,6)(H,7,8)/b;2-1+. The number of carboxylic acids is 2. The summed E-state index contributed by atoms with van der Waals surface area (Å²) in [6, 6.07) is 25.4. The fraction of sp³-hybridized carbons (Fsp3) is 0.314. The van der Waals surface area contributed by atoms with E-state index in [0.29, 0.717) is 34.3 Å². The molecule has 3 N–H and O–H groups in total. The minimum atomic E-state index is -1.26. The van der Waals surface area contributed by atoms with Crippen LogP contribution in [0.1, 0.15) is 53.6 Å². The molecule has 0 saturated carbocycles. The first kappa shape index (κ1) is 36.3. The van der Waals surface area contributed by atoms with E-state index in [4.69, 9.17) is 33.4 Å².